The maximum atomic E-state index is 12.4. The first-order valence-electron chi connectivity index (χ1n) is 6.95. The van der Waals surface area contributed by atoms with Gasteiger partial charge in [-0.3, -0.25) is 4.79 Å². The number of halogens is 3. The highest BCUT2D eigenvalue weighted by atomic mass is 19.4. The molecule has 0 bridgehead atoms. The number of nitrogens with one attached hydrogen (secondary N) is 1. The van der Waals surface area contributed by atoms with Crippen LogP contribution < -0.4 is 10.1 Å². The lowest BCUT2D eigenvalue weighted by molar-refractivity contribution is -0.274. The lowest BCUT2D eigenvalue weighted by atomic mass is 10.1. The number of hydrogen-bond donors (Lipinski definition) is 1. The van der Waals surface area contributed by atoms with E-state index < -0.39 is 6.36 Å². The average molecular weight is 326 g/mol. The van der Waals surface area contributed by atoms with Gasteiger partial charge in [0.15, 0.2) is 0 Å². The molecule has 1 aromatic heterocycles. The molecule has 1 amide bonds. The summed E-state index contributed by atoms with van der Waals surface area (Å²) < 4.78 is 42.5. The Kier molecular flexibility index (Phi) is 3.93. The summed E-state index contributed by atoms with van der Waals surface area (Å²) in [6.45, 7) is -0.0359. The van der Waals surface area contributed by atoms with Gasteiger partial charge in [0.2, 0.25) is 5.91 Å². The molecule has 0 atom stereocenters. The van der Waals surface area contributed by atoms with Crippen molar-refractivity contribution in [1.82, 2.24) is 20.3 Å². The smallest absolute Gasteiger partial charge is 0.405 e. The highest BCUT2D eigenvalue weighted by Crippen LogP contribution is 2.32. The molecule has 23 heavy (non-hydrogen) atoms. The van der Waals surface area contributed by atoms with E-state index in [1.54, 1.807) is 6.07 Å². The van der Waals surface area contributed by atoms with Gasteiger partial charge in [0.05, 0.1) is 6.20 Å². The Balaban J connectivity index is 1.75. The molecule has 1 heterocycles. The topological polar surface area (TPSA) is 69.0 Å². The number of carbonyl (C=O) groups is 1. The minimum Gasteiger partial charge on any atom is -0.405 e. The van der Waals surface area contributed by atoms with Crippen LogP contribution in [-0.4, -0.2) is 33.3 Å². The van der Waals surface area contributed by atoms with Gasteiger partial charge < -0.3 is 10.1 Å². The second-order valence-electron chi connectivity index (χ2n) is 5.19. The van der Waals surface area contributed by atoms with E-state index in [2.05, 4.69) is 20.4 Å². The van der Waals surface area contributed by atoms with Gasteiger partial charge >= 0.3 is 6.36 Å². The summed E-state index contributed by atoms with van der Waals surface area (Å²) in [6.07, 6.45) is -1.45. The number of aromatic nitrogens is 3. The Morgan fingerprint density at radius 2 is 2.09 bits per heavy atom. The quantitative estimate of drug-likeness (QED) is 0.914. The van der Waals surface area contributed by atoms with Gasteiger partial charge in [-0.05, 0) is 25.0 Å². The SMILES string of the molecule is O=C(Cn1cc(-c2ccccc2OC(F)(F)F)nn1)NC1CC1. The van der Waals surface area contributed by atoms with Crippen molar-refractivity contribution in [3.63, 3.8) is 0 Å². The van der Waals surface area contributed by atoms with E-state index >= 15 is 0 Å². The summed E-state index contributed by atoms with van der Waals surface area (Å²) in [7, 11) is 0. The van der Waals surface area contributed by atoms with Crippen LogP contribution in [0.3, 0.4) is 0 Å². The normalized spacial score (nSPS) is 14.6. The van der Waals surface area contributed by atoms with Gasteiger partial charge in [-0.15, -0.1) is 18.3 Å². The van der Waals surface area contributed by atoms with E-state index in [1.165, 1.54) is 29.1 Å². The summed E-state index contributed by atoms with van der Waals surface area (Å²) in [6, 6.07) is 5.86. The highest BCUT2D eigenvalue weighted by Gasteiger charge is 2.32. The minimum absolute atomic E-state index is 0.0359. The molecule has 0 unspecified atom stereocenters. The molecule has 1 fully saturated rings. The molecular weight excluding hydrogens is 313 g/mol. The van der Waals surface area contributed by atoms with Crippen molar-refractivity contribution in [2.24, 2.45) is 0 Å². The lowest BCUT2D eigenvalue weighted by Crippen LogP contribution is -2.29. The van der Waals surface area contributed by atoms with Crippen LogP contribution in [0.4, 0.5) is 13.2 Å². The number of ether oxygens (including phenoxy) is 1. The predicted molar refractivity (Wildman–Crippen MR) is 73.3 cm³/mol. The third-order valence-electron chi connectivity index (χ3n) is 3.18. The summed E-state index contributed by atoms with van der Waals surface area (Å²) >= 11 is 0. The second kappa shape index (κ2) is 5.90. The molecule has 1 N–H and O–H groups in total. The van der Waals surface area contributed by atoms with Crippen LogP contribution in [-0.2, 0) is 11.3 Å². The fourth-order valence-corrected chi connectivity index (χ4v) is 2.04. The first-order chi connectivity index (χ1) is 10.9. The van der Waals surface area contributed by atoms with Crippen molar-refractivity contribution in [2.75, 3.05) is 0 Å². The Bertz CT molecular complexity index is 710. The molecule has 9 heteroatoms. The lowest BCUT2D eigenvalue weighted by Gasteiger charge is -2.11. The van der Waals surface area contributed by atoms with Gasteiger partial charge in [-0.1, -0.05) is 17.3 Å². The number of alkyl halides is 3. The second-order valence-corrected chi connectivity index (χ2v) is 5.19. The fraction of sp³-hybridized carbons (Fsp3) is 0.357. The summed E-state index contributed by atoms with van der Waals surface area (Å²) in [4.78, 5) is 11.7. The van der Waals surface area contributed by atoms with E-state index in [9.17, 15) is 18.0 Å². The maximum absolute atomic E-state index is 12.4. The van der Waals surface area contributed by atoms with Crippen LogP contribution in [0.15, 0.2) is 30.5 Å². The van der Waals surface area contributed by atoms with Crippen molar-refractivity contribution < 1.29 is 22.7 Å². The molecule has 122 valence electrons. The van der Waals surface area contributed by atoms with Crippen molar-refractivity contribution in [2.45, 2.75) is 31.8 Å². The van der Waals surface area contributed by atoms with Gasteiger partial charge in [-0.25, -0.2) is 4.68 Å². The van der Waals surface area contributed by atoms with Crippen LogP contribution in [0.25, 0.3) is 11.3 Å². The summed E-state index contributed by atoms with van der Waals surface area (Å²) in [5, 5.41) is 10.4. The maximum Gasteiger partial charge on any atom is 0.573 e. The van der Waals surface area contributed by atoms with Crippen LogP contribution in [0.1, 0.15) is 12.8 Å². The van der Waals surface area contributed by atoms with Gasteiger partial charge in [0.1, 0.15) is 18.0 Å². The molecule has 3 rings (SSSR count). The van der Waals surface area contributed by atoms with Crippen LogP contribution >= 0.6 is 0 Å². The van der Waals surface area contributed by atoms with Crippen molar-refractivity contribution in [1.29, 1.82) is 0 Å². The molecule has 1 aliphatic carbocycles. The van der Waals surface area contributed by atoms with Crippen molar-refractivity contribution in [3.8, 4) is 17.0 Å². The average Bonchev–Trinajstić information content (AvgIpc) is 3.14. The Hall–Kier alpha value is -2.58. The fourth-order valence-electron chi connectivity index (χ4n) is 2.04. The number of amides is 1. The zero-order chi connectivity index (χ0) is 16.4. The molecule has 0 saturated heterocycles. The highest BCUT2D eigenvalue weighted by molar-refractivity contribution is 5.76. The van der Waals surface area contributed by atoms with Crippen molar-refractivity contribution >= 4 is 5.91 Å². The molecule has 2 aromatic rings. The largest absolute Gasteiger partial charge is 0.573 e. The molecule has 1 aliphatic rings. The Labute approximate surface area is 129 Å². The monoisotopic (exact) mass is 326 g/mol. The van der Waals surface area contributed by atoms with Crippen LogP contribution in [0, 0.1) is 0 Å². The zero-order valence-electron chi connectivity index (χ0n) is 11.9. The number of para-hydroxylation sites is 1. The van der Waals surface area contributed by atoms with E-state index in [4.69, 9.17) is 0 Å². The third-order valence-corrected chi connectivity index (χ3v) is 3.18. The van der Waals surface area contributed by atoms with Gasteiger partial charge in [-0.2, -0.15) is 0 Å². The summed E-state index contributed by atoms with van der Waals surface area (Å²) in [5.74, 6) is -0.571. The minimum atomic E-state index is -4.80. The first-order valence-corrected chi connectivity index (χ1v) is 6.95. The van der Waals surface area contributed by atoms with Gasteiger partial charge in [0.25, 0.3) is 0 Å². The number of rotatable bonds is 5. The first kappa shape index (κ1) is 15.3. The predicted octanol–water partition coefficient (Wildman–Crippen LogP) is 2.12. The number of hydrogen-bond acceptors (Lipinski definition) is 4. The molecule has 1 aromatic carbocycles. The van der Waals surface area contributed by atoms with E-state index in [0.717, 1.165) is 12.8 Å². The number of carbonyl (C=O) groups excluding carboxylic acids is 1. The Morgan fingerprint density at radius 1 is 1.35 bits per heavy atom. The van der Waals surface area contributed by atoms with E-state index in [0.29, 0.717) is 0 Å². The molecular formula is C14H13F3N4O2. The van der Waals surface area contributed by atoms with E-state index in [1.807, 2.05) is 0 Å². The molecule has 0 radical (unpaired) electrons. The number of benzene rings is 1. The summed E-state index contributed by atoms with van der Waals surface area (Å²) in [5.41, 5.74) is 0.350. The third kappa shape index (κ3) is 4.21. The number of nitrogens with zero attached hydrogens (tertiary/aromatic N) is 3. The van der Waals surface area contributed by atoms with Crippen molar-refractivity contribution in [3.05, 3.63) is 30.5 Å². The molecule has 0 aliphatic heterocycles. The standard InChI is InChI=1S/C14H13F3N4O2/c15-14(16,17)23-12-4-2-1-3-10(12)11-7-21(20-19-11)8-13(22)18-9-5-6-9/h1-4,7,9H,5-6,8H2,(H,18,22). The van der Waals surface area contributed by atoms with Gasteiger partial charge in [0, 0.05) is 11.6 Å². The molecule has 1 saturated carbocycles. The van der Waals surface area contributed by atoms with E-state index in [-0.39, 0.29) is 35.5 Å². The molecule has 6 nitrogen and oxygen atoms in total. The zero-order valence-corrected chi connectivity index (χ0v) is 11.9. The Morgan fingerprint density at radius 3 is 2.78 bits per heavy atom. The van der Waals surface area contributed by atoms with Crippen LogP contribution in [0.2, 0.25) is 0 Å². The van der Waals surface area contributed by atoms with Crippen LogP contribution in [0.5, 0.6) is 5.75 Å². The molecule has 0 spiro atoms.